The van der Waals surface area contributed by atoms with E-state index in [0.717, 1.165) is 5.56 Å². The van der Waals surface area contributed by atoms with Gasteiger partial charge in [-0.2, -0.15) is 0 Å². The van der Waals surface area contributed by atoms with E-state index in [0.29, 0.717) is 49.1 Å². The Kier molecular flexibility index (Phi) is 6.11. The number of benzene rings is 2. The molecule has 1 N–H and O–H groups in total. The molecule has 31 heavy (non-hydrogen) atoms. The van der Waals surface area contributed by atoms with Crippen molar-refractivity contribution in [3.63, 3.8) is 0 Å². The number of hydrogen-bond donors (Lipinski definition) is 1. The molecule has 1 amide bonds. The lowest BCUT2D eigenvalue weighted by Crippen LogP contribution is -2.35. The van der Waals surface area contributed by atoms with Crippen molar-refractivity contribution >= 4 is 18.1 Å². The molecule has 2 saturated heterocycles. The van der Waals surface area contributed by atoms with E-state index in [1.807, 2.05) is 34.1 Å². The maximum atomic E-state index is 13.7. The van der Waals surface area contributed by atoms with Crippen LogP contribution in [0.2, 0.25) is 0 Å². The monoisotopic (exact) mass is 420 g/mol. The zero-order chi connectivity index (χ0) is 21.8. The molecule has 2 atom stereocenters. The van der Waals surface area contributed by atoms with E-state index in [4.69, 9.17) is 10.1 Å². The van der Waals surface area contributed by atoms with Gasteiger partial charge in [0.2, 0.25) is 5.96 Å². The van der Waals surface area contributed by atoms with Crippen molar-refractivity contribution in [3.05, 3.63) is 72.2 Å². The smallest absolute Gasteiger partial charge is 0.254 e. The van der Waals surface area contributed by atoms with Crippen LogP contribution in [0.3, 0.4) is 0 Å². The summed E-state index contributed by atoms with van der Waals surface area (Å²) in [6.45, 7) is 2.73. The van der Waals surface area contributed by atoms with Gasteiger partial charge in [0.15, 0.2) is 0 Å². The van der Waals surface area contributed by atoms with Crippen molar-refractivity contribution < 1.29 is 13.9 Å². The number of amides is 1. The Labute approximate surface area is 181 Å². The van der Waals surface area contributed by atoms with E-state index in [2.05, 4.69) is 4.99 Å². The maximum Gasteiger partial charge on any atom is 0.254 e. The number of nitrogens with one attached hydrogen (secondary N) is 1. The minimum absolute atomic E-state index is 0.0291. The van der Waals surface area contributed by atoms with Crippen molar-refractivity contribution in [1.29, 1.82) is 5.41 Å². The Morgan fingerprint density at radius 3 is 2.52 bits per heavy atom. The van der Waals surface area contributed by atoms with Crippen LogP contribution < -0.4 is 0 Å². The lowest BCUT2D eigenvalue weighted by Gasteiger charge is -2.22. The molecular formula is C24H25FN4O2. The Balaban J connectivity index is 1.43. The van der Waals surface area contributed by atoms with Gasteiger partial charge < -0.3 is 14.5 Å². The number of carbonyl (C=O) groups excluding carboxylic acids is 1. The lowest BCUT2D eigenvalue weighted by molar-refractivity contribution is 0.0779. The third kappa shape index (κ3) is 4.50. The van der Waals surface area contributed by atoms with Crippen molar-refractivity contribution in [3.8, 4) is 11.1 Å². The highest BCUT2D eigenvalue weighted by atomic mass is 19.1. The molecule has 2 aliphatic rings. The fourth-order valence-electron chi connectivity index (χ4n) is 4.39. The Hall–Kier alpha value is -3.48. The van der Waals surface area contributed by atoms with Crippen molar-refractivity contribution in [2.45, 2.75) is 0 Å². The number of methoxy groups -OCH3 is 1. The van der Waals surface area contributed by atoms with Crippen LogP contribution in [0.4, 0.5) is 4.39 Å². The summed E-state index contributed by atoms with van der Waals surface area (Å²) in [7, 11) is 1.56. The Morgan fingerprint density at radius 1 is 1.10 bits per heavy atom. The summed E-state index contributed by atoms with van der Waals surface area (Å²) in [5.41, 5.74) is 2.03. The first-order chi connectivity index (χ1) is 15.1. The quantitative estimate of drug-likeness (QED) is 0.466. The van der Waals surface area contributed by atoms with Gasteiger partial charge in [-0.05, 0) is 35.4 Å². The molecule has 2 aromatic rings. The largest absolute Gasteiger partial charge is 0.504 e. The molecule has 2 aliphatic heterocycles. The van der Waals surface area contributed by atoms with Crippen molar-refractivity contribution in [1.82, 2.24) is 9.80 Å². The summed E-state index contributed by atoms with van der Waals surface area (Å²) < 4.78 is 18.5. The summed E-state index contributed by atoms with van der Waals surface area (Å²) in [6.07, 6.45) is 4.68. The van der Waals surface area contributed by atoms with Gasteiger partial charge in [-0.25, -0.2) is 9.38 Å². The molecule has 0 saturated carbocycles. The van der Waals surface area contributed by atoms with E-state index in [-0.39, 0.29) is 17.7 Å². The van der Waals surface area contributed by atoms with Gasteiger partial charge in [0.25, 0.3) is 5.91 Å². The van der Waals surface area contributed by atoms with Crippen molar-refractivity contribution in [2.75, 3.05) is 33.3 Å². The normalized spacial score (nSPS) is 20.6. The highest BCUT2D eigenvalue weighted by molar-refractivity contribution is 6.01. The van der Waals surface area contributed by atoms with E-state index < -0.39 is 0 Å². The molecule has 0 spiro atoms. The molecule has 0 aliphatic carbocycles. The standard InChI is InChI=1S/C24H25FN4O2/c1-31-11-5-10-27-24(26)29-15-18-13-28(14-19(18)16-29)23(30)22-9-3-2-8-21(22)17-6-4-7-20(25)12-17/h2-12,18-19,26H,13-16H2,1H3. The fourth-order valence-corrected chi connectivity index (χ4v) is 4.39. The minimum Gasteiger partial charge on any atom is -0.504 e. The summed E-state index contributed by atoms with van der Waals surface area (Å²) in [6, 6.07) is 13.7. The number of hydrogen-bond acceptors (Lipinski definition) is 3. The number of aliphatic imine (C=N–C) groups is 1. The van der Waals surface area contributed by atoms with Crippen LogP contribution in [0.5, 0.6) is 0 Å². The second-order valence-corrected chi connectivity index (χ2v) is 7.86. The first-order valence-corrected chi connectivity index (χ1v) is 10.3. The van der Waals surface area contributed by atoms with Crippen LogP contribution in [-0.2, 0) is 4.74 Å². The van der Waals surface area contributed by atoms with E-state index in [9.17, 15) is 9.18 Å². The van der Waals surface area contributed by atoms with E-state index in [1.54, 1.807) is 31.5 Å². The number of nitrogens with zero attached hydrogens (tertiary/aromatic N) is 3. The van der Waals surface area contributed by atoms with Crippen LogP contribution in [0.1, 0.15) is 10.4 Å². The molecule has 0 radical (unpaired) electrons. The van der Waals surface area contributed by atoms with Gasteiger partial charge >= 0.3 is 0 Å². The molecule has 0 aromatic heterocycles. The fraction of sp³-hybridized carbons (Fsp3) is 0.292. The zero-order valence-electron chi connectivity index (χ0n) is 17.4. The highest BCUT2D eigenvalue weighted by Gasteiger charge is 2.42. The molecule has 160 valence electrons. The molecule has 4 rings (SSSR count). The lowest BCUT2D eigenvalue weighted by atomic mass is 9.99. The van der Waals surface area contributed by atoms with E-state index >= 15 is 0 Å². The van der Waals surface area contributed by atoms with Gasteiger partial charge in [-0.15, -0.1) is 0 Å². The number of halogens is 1. The second kappa shape index (κ2) is 9.12. The summed E-state index contributed by atoms with van der Waals surface area (Å²) >= 11 is 0. The van der Waals surface area contributed by atoms with Gasteiger partial charge in [0, 0.05) is 49.8 Å². The van der Waals surface area contributed by atoms with Gasteiger partial charge in [-0.1, -0.05) is 30.3 Å². The van der Waals surface area contributed by atoms with Gasteiger partial charge in [-0.3, -0.25) is 10.2 Å². The number of ether oxygens (including phenoxy) is 1. The molecule has 0 bridgehead atoms. The predicted octanol–water partition coefficient (Wildman–Crippen LogP) is 3.66. The zero-order valence-corrected chi connectivity index (χ0v) is 17.4. The minimum atomic E-state index is -0.321. The highest BCUT2D eigenvalue weighted by Crippen LogP contribution is 2.33. The number of rotatable bonds is 4. The first-order valence-electron chi connectivity index (χ1n) is 10.3. The van der Waals surface area contributed by atoms with Crippen LogP contribution in [0.25, 0.3) is 11.1 Å². The van der Waals surface area contributed by atoms with Crippen LogP contribution in [-0.4, -0.2) is 61.2 Å². The predicted molar refractivity (Wildman–Crippen MR) is 119 cm³/mol. The molecule has 2 aromatic carbocycles. The molecule has 2 fully saturated rings. The molecular weight excluding hydrogens is 395 g/mol. The average Bonchev–Trinajstić information content (AvgIpc) is 3.36. The summed E-state index contributed by atoms with van der Waals surface area (Å²) in [5.74, 6) is 0.507. The van der Waals surface area contributed by atoms with Gasteiger partial charge in [0.1, 0.15) is 5.82 Å². The number of allylic oxidation sites excluding steroid dienone is 1. The third-order valence-corrected chi connectivity index (χ3v) is 5.86. The number of fused-ring (bicyclic) bond motifs is 1. The number of likely N-dealkylation sites (tertiary alicyclic amines) is 2. The SMILES string of the molecule is COC=CC=NC(=N)N1CC2CN(C(=O)c3ccccc3-c3cccc(F)c3)CC2C1. The molecule has 6 nitrogen and oxygen atoms in total. The second-order valence-electron chi connectivity index (χ2n) is 7.86. The average molecular weight is 420 g/mol. The molecule has 2 unspecified atom stereocenters. The van der Waals surface area contributed by atoms with Crippen LogP contribution >= 0.6 is 0 Å². The third-order valence-electron chi connectivity index (χ3n) is 5.86. The van der Waals surface area contributed by atoms with Crippen LogP contribution in [0.15, 0.2) is 65.9 Å². The summed E-state index contributed by atoms with van der Waals surface area (Å²) in [4.78, 5) is 21.3. The van der Waals surface area contributed by atoms with Crippen LogP contribution in [0, 0.1) is 23.1 Å². The topological polar surface area (TPSA) is 69.0 Å². The summed E-state index contributed by atoms with van der Waals surface area (Å²) in [5, 5.41) is 8.15. The van der Waals surface area contributed by atoms with E-state index in [1.165, 1.54) is 18.4 Å². The van der Waals surface area contributed by atoms with Crippen molar-refractivity contribution in [2.24, 2.45) is 16.8 Å². The maximum absolute atomic E-state index is 13.7. The Bertz CT molecular complexity index is 1020. The molecule has 2 heterocycles. The molecule has 7 heteroatoms. The Morgan fingerprint density at radius 2 is 1.81 bits per heavy atom. The first kappa shape index (κ1) is 20.8. The van der Waals surface area contributed by atoms with Gasteiger partial charge in [0.05, 0.1) is 13.4 Å². The number of carbonyl (C=O) groups is 1. The number of guanidine groups is 1.